The molecule has 2 aromatic rings. The Morgan fingerprint density at radius 1 is 1.21 bits per heavy atom. The third-order valence-electron chi connectivity index (χ3n) is 1.91. The molecule has 1 aromatic carbocycles. The Labute approximate surface area is 95.9 Å². The highest BCUT2D eigenvalue weighted by atomic mass is 79.9. The Balaban J connectivity index is 2.55. The van der Waals surface area contributed by atoms with E-state index in [1.54, 1.807) is 12.4 Å². The van der Waals surface area contributed by atoms with Gasteiger partial charge in [0.25, 0.3) is 0 Å². The van der Waals surface area contributed by atoms with Crippen LogP contribution in [0, 0.1) is 0 Å². The van der Waals surface area contributed by atoms with Crippen LogP contribution in [0.5, 0.6) is 0 Å². The van der Waals surface area contributed by atoms with Crippen LogP contribution in [0.25, 0.3) is 11.1 Å². The van der Waals surface area contributed by atoms with Crippen molar-refractivity contribution in [3.8, 4) is 11.1 Å². The van der Waals surface area contributed by atoms with Gasteiger partial charge < -0.3 is 0 Å². The van der Waals surface area contributed by atoms with Crippen LogP contribution < -0.4 is 0 Å². The maximum Gasteiger partial charge on any atom is 0.0437 e. The lowest BCUT2D eigenvalue weighted by molar-refractivity contribution is 1.31. The smallest absolute Gasteiger partial charge is 0.0437 e. The second-order valence-corrected chi connectivity index (χ2v) is 4.16. The van der Waals surface area contributed by atoms with Gasteiger partial charge in [0.15, 0.2) is 0 Å². The summed E-state index contributed by atoms with van der Waals surface area (Å²) in [7, 11) is 0. The van der Waals surface area contributed by atoms with Crippen LogP contribution in [0.15, 0.2) is 47.2 Å². The van der Waals surface area contributed by atoms with Crippen molar-refractivity contribution in [1.82, 2.24) is 4.98 Å². The molecule has 0 atom stereocenters. The normalized spacial score (nSPS) is 10.1. The fourth-order valence-electron chi connectivity index (χ4n) is 1.27. The fraction of sp³-hybridized carbons (Fsp3) is 0. The van der Waals surface area contributed by atoms with E-state index in [1.807, 2.05) is 30.3 Å². The topological polar surface area (TPSA) is 12.9 Å². The summed E-state index contributed by atoms with van der Waals surface area (Å²) in [6.07, 6.45) is 3.54. The highest BCUT2D eigenvalue weighted by molar-refractivity contribution is 9.10. The third kappa shape index (κ3) is 1.97. The third-order valence-corrected chi connectivity index (χ3v) is 2.78. The van der Waals surface area contributed by atoms with Crippen molar-refractivity contribution in [2.75, 3.05) is 0 Å². The van der Waals surface area contributed by atoms with E-state index in [9.17, 15) is 0 Å². The second-order valence-electron chi connectivity index (χ2n) is 2.87. The van der Waals surface area contributed by atoms with Gasteiger partial charge in [-0.05, 0) is 45.3 Å². The van der Waals surface area contributed by atoms with Gasteiger partial charge in [-0.3, -0.25) is 4.98 Å². The van der Waals surface area contributed by atoms with Gasteiger partial charge in [-0.25, -0.2) is 0 Å². The molecule has 0 amide bonds. The van der Waals surface area contributed by atoms with Gasteiger partial charge in [0.1, 0.15) is 0 Å². The average Bonchev–Trinajstić information content (AvgIpc) is 2.18. The molecule has 3 heteroatoms. The Bertz CT molecular complexity index is 457. The lowest BCUT2D eigenvalue weighted by Crippen LogP contribution is -1.80. The average molecular weight is 269 g/mol. The molecule has 0 N–H and O–H groups in total. The number of aromatic nitrogens is 1. The summed E-state index contributed by atoms with van der Waals surface area (Å²) in [6, 6.07) is 9.70. The van der Waals surface area contributed by atoms with Gasteiger partial charge in [-0.15, -0.1) is 0 Å². The molecule has 1 aromatic heterocycles. The fourth-order valence-corrected chi connectivity index (χ4v) is 1.93. The minimum Gasteiger partial charge on any atom is -0.264 e. The van der Waals surface area contributed by atoms with Crippen molar-refractivity contribution < 1.29 is 0 Å². The SMILES string of the molecule is Clc1cccc(-c2ccncc2Br)c1. The summed E-state index contributed by atoms with van der Waals surface area (Å²) < 4.78 is 0.974. The molecule has 1 nitrogen and oxygen atoms in total. The van der Waals surface area contributed by atoms with Crippen molar-refractivity contribution in [3.05, 3.63) is 52.2 Å². The van der Waals surface area contributed by atoms with Crippen LogP contribution in [0.3, 0.4) is 0 Å². The highest BCUT2D eigenvalue weighted by Gasteiger charge is 2.02. The van der Waals surface area contributed by atoms with E-state index in [0.29, 0.717) is 0 Å². The zero-order valence-corrected chi connectivity index (χ0v) is 9.59. The summed E-state index contributed by atoms with van der Waals surface area (Å²) in [6.45, 7) is 0. The molecule has 0 fully saturated rings. The predicted octanol–water partition coefficient (Wildman–Crippen LogP) is 4.16. The Kier molecular flexibility index (Phi) is 2.85. The first-order chi connectivity index (χ1) is 6.77. The van der Waals surface area contributed by atoms with Crippen molar-refractivity contribution >= 4 is 27.5 Å². The molecule has 14 heavy (non-hydrogen) atoms. The zero-order chi connectivity index (χ0) is 9.97. The van der Waals surface area contributed by atoms with E-state index in [1.165, 1.54) is 0 Å². The number of benzene rings is 1. The lowest BCUT2D eigenvalue weighted by Gasteiger charge is -2.03. The molecule has 0 radical (unpaired) electrons. The van der Waals surface area contributed by atoms with Gasteiger partial charge in [0, 0.05) is 21.9 Å². The zero-order valence-electron chi connectivity index (χ0n) is 7.24. The number of hydrogen-bond donors (Lipinski definition) is 0. The number of halogens is 2. The van der Waals surface area contributed by atoms with E-state index >= 15 is 0 Å². The van der Waals surface area contributed by atoms with Gasteiger partial charge >= 0.3 is 0 Å². The maximum absolute atomic E-state index is 5.92. The van der Waals surface area contributed by atoms with Gasteiger partial charge in [0.05, 0.1) is 0 Å². The Hall–Kier alpha value is -0.860. The molecule has 0 saturated heterocycles. The maximum atomic E-state index is 5.92. The number of rotatable bonds is 1. The molecule has 0 spiro atoms. The Morgan fingerprint density at radius 2 is 2.07 bits per heavy atom. The van der Waals surface area contributed by atoms with E-state index in [4.69, 9.17) is 11.6 Å². The molecule has 0 aliphatic carbocycles. The van der Waals surface area contributed by atoms with E-state index < -0.39 is 0 Å². The number of hydrogen-bond acceptors (Lipinski definition) is 1. The minimum absolute atomic E-state index is 0.742. The van der Waals surface area contributed by atoms with Crippen molar-refractivity contribution in [2.45, 2.75) is 0 Å². The molecule has 0 saturated carbocycles. The number of nitrogens with zero attached hydrogens (tertiary/aromatic N) is 1. The van der Waals surface area contributed by atoms with Crippen molar-refractivity contribution in [3.63, 3.8) is 0 Å². The minimum atomic E-state index is 0.742. The molecule has 0 unspecified atom stereocenters. The van der Waals surface area contributed by atoms with Gasteiger partial charge in [-0.1, -0.05) is 23.7 Å². The van der Waals surface area contributed by atoms with Crippen molar-refractivity contribution in [1.29, 1.82) is 0 Å². The van der Waals surface area contributed by atoms with Crippen LogP contribution in [0.4, 0.5) is 0 Å². The van der Waals surface area contributed by atoms with Crippen LogP contribution >= 0.6 is 27.5 Å². The molecule has 0 bridgehead atoms. The first kappa shape index (κ1) is 9.69. The molecular formula is C11H7BrClN. The summed E-state index contributed by atoms with van der Waals surface area (Å²) in [5, 5.41) is 0.742. The van der Waals surface area contributed by atoms with Crippen LogP contribution in [-0.4, -0.2) is 4.98 Å². The lowest BCUT2D eigenvalue weighted by atomic mass is 10.1. The molecular weight excluding hydrogens is 261 g/mol. The summed E-state index contributed by atoms with van der Waals surface area (Å²) >= 11 is 9.37. The highest BCUT2D eigenvalue weighted by Crippen LogP contribution is 2.28. The summed E-state index contributed by atoms with van der Waals surface area (Å²) in [4.78, 5) is 4.01. The molecule has 2 rings (SSSR count). The summed E-state index contributed by atoms with van der Waals surface area (Å²) in [5.74, 6) is 0. The van der Waals surface area contributed by atoms with Crippen LogP contribution in [-0.2, 0) is 0 Å². The van der Waals surface area contributed by atoms with Crippen LogP contribution in [0.2, 0.25) is 5.02 Å². The molecule has 70 valence electrons. The quantitative estimate of drug-likeness (QED) is 0.756. The second kappa shape index (κ2) is 4.11. The first-order valence-corrected chi connectivity index (χ1v) is 5.30. The monoisotopic (exact) mass is 267 g/mol. The Morgan fingerprint density at radius 3 is 2.79 bits per heavy atom. The largest absolute Gasteiger partial charge is 0.264 e. The van der Waals surface area contributed by atoms with E-state index in [2.05, 4.69) is 20.9 Å². The van der Waals surface area contributed by atoms with Crippen LogP contribution in [0.1, 0.15) is 0 Å². The van der Waals surface area contributed by atoms with E-state index in [0.717, 1.165) is 20.6 Å². The standard InChI is InChI=1S/C11H7BrClN/c12-11-7-14-5-4-10(11)8-2-1-3-9(13)6-8/h1-7H. The molecule has 0 aliphatic rings. The van der Waals surface area contributed by atoms with Crippen molar-refractivity contribution in [2.24, 2.45) is 0 Å². The number of pyridine rings is 1. The predicted molar refractivity (Wildman–Crippen MR) is 62.4 cm³/mol. The first-order valence-electron chi connectivity index (χ1n) is 4.13. The molecule has 0 aliphatic heterocycles. The summed E-state index contributed by atoms with van der Waals surface area (Å²) in [5.41, 5.74) is 2.19. The molecule has 1 heterocycles. The van der Waals surface area contributed by atoms with Gasteiger partial charge in [0.2, 0.25) is 0 Å². The van der Waals surface area contributed by atoms with Gasteiger partial charge in [-0.2, -0.15) is 0 Å². The van der Waals surface area contributed by atoms with E-state index in [-0.39, 0.29) is 0 Å².